The van der Waals surface area contributed by atoms with Crippen molar-refractivity contribution >= 4 is 28.5 Å². The van der Waals surface area contributed by atoms with Crippen LogP contribution in [-0.4, -0.2) is 24.7 Å². The maximum absolute atomic E-state index is 6.00. The van der Waals surface area contributed by atoms with Crippen molar-refractivity contribution in [1.82, 2.24) is 4.68 Å². The Balaban J connectivity index is 1.56. The predicted molar refractivity (Wildman–Crippen MR) is 105 cm³/mol. The lowest BCUT2D eigenvalue weighted by molar-refractivity contribution is 0.174. The highest BCUT2D eigenvalue weighted by Gasteiger charge is 2.14. The topological polar surface area (TPSA) is 61.2 Å². The van der Waals surface area contributed by atoms with Crippen molar-refractivity contribution < 1.29 is 13.9 Å². The number of nitrogens with zero attached hydrogens (tertiary/aromatic N) is 3. The van der Waals surface area contributed by atoms with Crippen LogP contribution in [0, 0.1) is 0 Å². The zero-order valence-corrected chi connectivity index (χ0v) is 15.3. The molecular formula is C20H15N3O3S. The number of thiazole rings is 1. The van der Waals surface area contributed by atoms with Crippen LogP contribution >= 0.6 is 11.3 Å². The minimum absolute atomic E-state index is 0.254. The molecule has 6 nitrogen and oxygen atoms in total. The zero-order chi connectivity index (χ0) is 18.2. The van der Waals surface area contributed by atoms with Gasteiger partial charge in [-0.15, -0.1) is 11.3 Å². The predicted octanol–water partition coefficient (Wildman–Crippen LogP) is 4.10. The van der Waals surface area contributed by atoms with Gasteiger partial charge in [-0.05, 0) is 35.9 Å². The van der Waals surface area contributed by atoms with Crippen molar-refractivity contribution in [1.29, 1.82) is 0 Å². The van der Waals surface area contributed by atoms with Gasteiger partial charge in [0.05, 0.1) is 6.21 Å². The van der Waals surface area contributed by atoms with Gasteiger partial charge in [0.1, 0.15) is 11.3 Å². The first-order chi connectivity index (χ1) is 13.3. The van der Waals surface area contributed by atoms with Crippen molar-refractivity contribution in [2.45, 2.75) is 0 Å². The van der Waals surface area contributed by atoms with Gasteiger partial charge in [-0.1, -0.05) is 18.2 Å². The van der Waals surface area contributed by atoms with Crippen molar-refractivity contribution in [2.24, 2.45) is 10.1 Å². The van der Waals surface area contributed by atoms with E-state index in [1.54, 1.807) is 17.9 Å². The first kappa shape index (κ1) is 15.9. The summed E-state index contributed by atoms with van der Waals surface area (Å²) in [5.41, 5.74) is 2.62. The second-order valence-electron chi connectivity index (χ2n) is 5.94. The maximum Gasteiger partial charge on any atom is 0.231 e. The molecule has 3 heterocycles. The van der Waals surface area contributed by atoms with Crippen molar-refractivity contribution in [2.75, 3.05) is 13.8 Å². The van der Waals surface area contributed by atoms with Gasteiger partial charge in [0.25, 0.3) is 0 Å². The van der Waals surface area contributed by atoms with Gasteiger partial charge in [0.15, 0.2) is 17.3 Å². The molecule has 0 radical (unpaired) electrons. The van der Waals surface area contributed by atoms with E-state index in [2.05, 4.69) is 10.1 Å². The fourth-order valence-corrected chi connectivity index (χ4v) is 3.74. The molecule has 1 aliphatic heterocycles. The Bertz CT molecular complexity index is 1200. The van der Waals surface area contributed by atoms with Gasteiger partial charge in [-0.25, -0.2) is 4.68 Å². The van der Waals surface area contributed by atoms with Crippen LogP contribution in [0.2, 0.25) is 0 Å². The summed E-state index contributed by atoms with van der Waals surface area (Å²) in [4.78, 5) is 5.10. The Morgan fingerprint density at radius 1 is 1.07 bits per heavy atom. The molecule has 27 heavy (non-hydrogen) atoms. The molecule has 0 bridgehead atoms. The number of aromatic nitrogens is 1. The largest absolute Gasteiger partial charge is 0.454 e. The molecule has 0 fully saturated rings. The number of ether oxygens (including phenoxy) is 2. The van der Waals surface area contributed by atoms with Crippen LogP contribution in [0.3, 0.4) is 0 Å². The molecule has 0 N–H and O–H groups in total. The van der Waals surface area contributed by atoms with E-state index >= 15 is 0 Å². The lowest BCUT2D eigenvalue weighted by Gasteiger charge is -2.01. The monoisotopic (exact) mass is 377 g/mol. The number of furan rings is 1. The van der Waals surface area contributed by atoms with Gasteiger partial charge in [-0.3, -0.25) is 4.99 Å². The van der Waals surface area contributed by atoms with Crippen molar-refractivity contribution in [3.63, 3.8) is 0 Å². The highest BCUT2D eigenvalue weighted by molar-refractivity contribution is 7.07. The average molecular weight is 377 g/mol. The first-order valence-electron chi connectivity index (χ1n) is 8.38. The summed E-state index contributed by atoms with van der Waals surface area (Å²) in [6, 6.07) is 15.7. The number of para-hydroxylation sites is 1. The van der Waals surface area contributed by atoms with E-state index in [1.165, 1.54) is 11.3 Å². The molecule has 0 unspecified atom stereocenters. The standard InChI is InChI=1S/C20H15N3O3S/c1-21-20-23(22-10-13-6-7-17-19(8-13)25-12-24-17)15(11-27-20)18-9-14-4-2-3-5-16(14)26-18/h2-11H,12H2,1H3. The SMILES string of the molecule is CN=c1scc(-c2cc3ccccc3o2)n1N=Cc1ccc2c(c1)OCO2. The summed E-state index contributed by atoms with van der Waals surface area (Å²) in [5, 5.41) is 7.68. The quantitative estimate of drug-likeness (QED) is 0.505. The smallest absolute Gasteiger partial charge is 0.231 e. The number of hydrogen-bond acceptors (Lipinski definition) is 6. The van der Waals surface area contributed by atoms with E-state index in [0.29, 0.717) is 0 Å². The third kappa shape index (κ3) is 2.82. The van der Waals surface area contributed by atoms with E-state index in [0.717, 1.165) is 44.3 Å². The van der Waals surface area contributed by atoms with Crippen molar-refractivity contribution in [3.8, 4) is 23.0 Å². The third-order valence-electron chi connectivity index (χ3n) is 4.27. The Morgan fingerprint density at radius 2 is 1.96 bits per heavy atom. The van der Waals surface area contributed by atoms with Crippen LogP contribution in [0.1, 0.15) is 5.56 Å². The summed E-state index contributed by atoms with van der Waals surface area (Å²) < 4.78 is 18.6. The van der Waals surface area contributed by atoms with Gasteiger partial charge in [-0.2, -0.15) is 5.10 Å². The minimum Gasteiger partial charge on any atom is -0.454 e. The number of rotatable bonds is 3. The Morgan fingerprint density at radius 3 is 2.85 bits per heavy atom. The molecule has 0 spiro atoms. The average Bonchev–Trinajstić information content (AvgIpc) is 3.42. The van der Waals surface area contributed by atoms with Crippen LogP contribution in [0.15, 0.2) is 68.4 Å². The molecule has 5 rings (SSSR count). The fraction of sp³-hybridized carbons (Fsp3) is 0.100. The van der Waals surface area contributed by atoms with E-state index in [-0.39, 0.29) is 6.79 Å². The summed E-state index contributed by atoms with van der Waals surface area (Å²) in [7, 11) is 1.75. The Hall–Kier alpha value is -3.32. The molecule has 0 saturated heterocycles. The van der Waals surface area contributed by atoms with E-state index in [1.807, 2.05) is 53.9 Å². The summed E-state index contributed by atoms with van der Waals surface area (Å²) >= 11 is 1.51. The summed E-state index contributed by atoms with van der Waals surface area (Å²) in [6.45, 7) is 0.254. The molecular weight excluding hydrogens is 362 g/mol. The van der Waals surface area contributed by atoms with E-state index in [4.69, 9.17) is 13.9 Å². The molecule has 2 aromatic heterocycles. The van der Waals surface area contributed by atoms with Crippen molar-refractivity contribution in [3.05, 3.63) is 64.3 Å². The van der Waals surface area contributed by atoms with Crippen LogP contribution in [0.5, 0.6) is 11.5 Å². The normalized spacial score (nSPS) is 13.9. The summed E-state index contributed by atoms with van der Waals surface area (Å²) in [5.74, 6) is 2.24. The molecule has 134 valence electrons. The Kier molecular flexibility index (Phi) is 3.79. The van der Waals surface area contributed by atoms with Gasteiger partial charge < -0.3 is 13.9 Å². The highest BCUT2D eigenvalue weighted by Crippen LogP contribution is 2.32. The molecule has 0 aliphatic carbocycles. The minimum atomic E-state index is 0.254. The van der Waals surface area contributed by atoms with E-state index < -0.39 is 0 Å². The van der Waals surface area contributed by atoms with Crippen LogP contribution in [0.25, 0.3) is 22.4 Å². The zero-order valence-electron chi connectivity index (χ0n) is 14.5. The molecule has 4 aromatic rings. The number of benzene rings is 2. The second-order valence-corrected chi connectivity index (χ2v) is 6.78. The fourth-order valence-electron chi connectivity index (χ4n) is 2.96. The second kappa shape index (κ2) is 6.44. The first-order valence-corrected chi connectivity index (χ1v) is 9.26. The van der Waals surface area contributed by atoms with Crippen LogP contribution in [0.4, 0.5) is 0 Å². The lowest BCUT2D eigenvalue weighted by Crippen LogP contribution is -2.11. The van der Waals surface area contributed by atoms with Gasteiger partial charge in [0, 0.05) is 17.8 Å². The number of hydrogen-bond donors (Lipinski definition) is 0. The molecule has 0 atom stereocenters. The highest BCUT2D eigenvalue weighted by atomic mass is 32.1. The lowest BCUT2D eigenvalue weighted by atomic mass is 10.2. The van der Waals surface area contributed by atoms with E-state index in [9.17, 15) is 0 Å². The summed E-state index contributed by atoms with van der Waals surface area (Å²) in [6.07, 6.45) is 1.77. The molecule has 0 saturated carbocycles. The van der Waals surface area contributed by atoms with Gasteiger partial charge in [0.2, 0.25) is 11.6 Å². The van der Waals surface area contributed by atoms with Crippen LogP contribution in [-0.2, 0) is 0 Å². The maximum atomic E-state index is 6.00. The Labute approximate surface area is 158 Å². The van der Waals surface area contributed by atoms with Crippen LogP contribution < -0.4 is 14.3 Å². The molecule has 0 amide bonds. The molecule has 7 heteroatoms. The number of fused-ring (bicyclic) bond motifs is 2. The molecule has 2 aromatic carbocycles. The van der Waals surface area contributed by atoms with Gasteiger partial charge >= 0.3 is 0 Å². The third-order valence-corrected chi connectivity index (χ3v) is 5.18. The molecule has 1 aliphatic rings.